The molecule has 0 spiro atoms. The van der Waals surface area contributed by atoms with Crippen molar-refractivity contribution in [3.8, 4) is 22.3 Å². The molecule has 0 unspecified atom stereocenters. The fourth-order valence-electron chi connectivity index (χ4n) is 7.20. The van der Waals surface area contributed by atoms with Crippen LogP contribution in [0.3, 0.4) is 0 Å². The second-order valence-corrected chi connectivity index (χ2v) is 11.7. The molecule has 7 rings (SSSR count). The molecule has 0 atom stereocenters. The minimum atomic E-state index is -1.32. The van der Waals surface area contributed by atoms with Gasteiger partial charge in [0.2, 0.25) is 5.43 Å². The Labute approximate surface area is 246 Å². The first-order chi connectivity index (χ1) is 20.8. The molecule has 11 heteroatoms. The number of carboxylic acids is 1. The molecular formula is C32H32F2N6O3. The van der Waals surface area contributed by atoms with Crippen molar-refractivity contribution in [2.75, 3.05) is 43.4 Å². The number of benzene rings is 1. The summed E-state index contributed by atoms with van der Waals surface area (Å²) >= 11 is 0. The van der Waals surface area contributed by atoms with E-state index in [0.717, 1.165) is 44.7 Å². The number of rotatable bonds is 5. The van der Waals surface area contributed by atoms with Gasteiger partial charge < -0.3 is 24.8 Å². The van der Waals surface area contributed by atoms with Crippen LogP contribution in [0.4, 0.5) is 20.2 Å². The molecule has 0 bridgehead atoms. The van der Waals surface area contributed by atoms with E-state index in [2.05, 4.69) is 20.1 Å². The first-order valence-electron chi connectivity index (χ1n) is 14.7. The summed E-state index contributed by atoms with van der Waals surface area (Å²) in [5, 5.41) is 12.8. The van der Waals surface area contributed by atoms with Gasteiger partial charge in [0, 0.05) is 92.2 Å². The van der Waals surface area contributed by atoms with E-state index in [1.165, 1.54) is 29.7 Å². The second-order valence-electron chi connectivity index (χ2n) is 11.7. The maximum absolute atomic E-state index is 15.7. The first kappa shape index (κ1) is 27.5. The summed E-state index contributed by atoms with van der Waals surface area (Å²) in [5.41, 5.74) is 3.91. The summed E-state index contributed by atoms with van der Waals surface area (Å²) in [6, 6.07) is 3.30. The van der Waals surface area contributed by atoms with E-state index >= 15 is 4.39 Å². The van der Waals surface area contributed by atoms with Gasteiger partial charge >= 0.3 is 5.97 Å². The average Bonchev–Trinajstić information content (AvgIpc) is 3.69. The lowest BCUT2D eigenvalue weighted by molar-refractivity contribution is 0.0695. The number of aromatic carboxylic acids is 1. The summed E-state index contributed by atoms with van der Waals surface area (Å²) in [7, 11) is 3.33. The molecule has 3 aliphatic rings. The fraction of sp³-hybridized carbons (Fsp3) is 0.375. The van der Waals surface area contributed by atoms with Crippen LogP contribution in [0.15, 0.2) is 35.5 Å². The molecule has 3 aromatic heterocycles. The van der Waals surface area contributed by atoms with E-state index in [1.807, 2.05) is 0 Å². The van der Waals surface area contributed by atoms with Crippen LogP contribution < -0.4 is 15.6 Å². The van der Waals surface area contributed by atoms with Crippen molar-refractivity contribution in [2.45, 2.75) is 38.1 Å². The van der Waals surface area contributed by atoms with Gasteiger partial charge in [0.25, 0.3) is 0 Å². The maximum atomic E-state index is 15.7. The van der Waals surface area contributed by atoms with Crippen molar-refractivity contribution in [1.82, 2.24) is 19.4 Å². The number of nitrogens with one attached hydrogen (secondary N) is 1. The number of nitrogens with zero attached hydrogens (tertiary/aromatic N) is 5. The highest BCUT2D eigenvalue weighted by atomic mass is 19.2. The number of hydrogen-bond donors (Lipinski definition) is 2. The second kappa shape index (κ2) is 10.4. The highest BCUT2D eigenvalue weighted by molar-refractivity contribution is 5.98. The summed E-state index contributed by atoms with van der Waals surface area (Å²) in [4.78, 5) is 39.0. The topological polar surface area (TPSA) is 104 Å². The normalized spacial score (nSPS) is 17.0. The SMILES string of the molecule is CNc1cc(F)c(F)c2c1Cc1ncc(-c3cnc4c(c3)c(=O)c(C(=O)O)cn4C)c(N3CCC(N4CCCC4)CC3)c1-2. The highest BCUT2D eigenvalue weighted by Crippen LogP contribution is 2.50. The third kappa shape index (κ3) is 4.36. The van der Waals surface area contributed by atoms with Gasteiger partial charge in [-0.2, -0.15) is 0 Å². The van der Waals surface area contributed by atoms with E-state index in [-0.39, 0.29) is 16.5 Å². The van der Waals surface area contributed by atoms with Gasteiger partial charge in [0.1, 0.15) is 11.2 Å². The highest BCUT2D eigenvalue weighted by Gasteiger charge is 2.35. The fourth-order valence-corrected chi connectivity index (χ4v) is 7.20. The van der Waals surface area contributed by atoms with Crippen LogP contribution in [0.5, 0.6) is 0 Å². The van der Waals surface area contributed by atoms with Crippen molar-refractivity contribution in [3.05, 3.63) is 69.4 Å². The number of carboxylic acid groups (broad SMARTS) is 1. The number of likely N-dealkylation sites (tertiary alicyclic amines) is 1. The zero-order chi connectivity index (χ0) is 30.0. The van der Waals surface area contributed by atoms with Crippen LogP contribution in [-0.4, -0.2) is 69.8 Å². The Balaban J connectivity index is 1.43. The van der Waals surface area contributed by atoms with Crippen LogP contribution in [0.2, 0.25) is 0 Å². The number of halogens is 2. The van der Waals surface area contributed by atoms with Crippen LogP contribution in [0.1, 0.15) is 47.3 Å². The van der Waals surface area contributed by atoms with Crippen LogP contribution in [-0.2, 0) is 13.5 Å². The quantitative estimate of drug-likeness (QED) is 0.307. The van der Waals surface area contributed by atoms with Gasteiger partial charge in [-0.3, -0.25) is 9.78 Å². The first-order valence-corrected chi connectivity index (χ1v) is 14.7. The van der Waals surface area contributed by atoms with Crippen molar-refractivity contribution < 1.29 is 18.7 Å². The molecule has 1 aromatic carbocycles. The van der Waals surface area contributed by atoms with Crippen LogP contribution in [0.25, 0.3) is 33.3 Å². The van der Waals surface area contributed by atoms with Gasteiger partial charge in [-0.1, -0.05) is 0 Å². The molecular weight excluding hydrogens is 554 g/mol. The molecule has 9 nitrogen and oxygen atoms in total. The maximum Gasteiger partial charge on any atom is 0.341 e. The molecule has 4 aromatic rings. The smallest absolute Gasteiger partial charge is 0.341 e. The predicted molar refractivity (Wildman–Crippen MR) is 161 cm³/mol. The number of aromatic nitrogens is 3. The Hall–Kier alpha value is -4.38. The molecule has 2 aliphatic heterocycles. The van der Waals surface area contributed by atoms with E-state index in [1.54, 1.807) is 32.6 Å². The molecule has 0 amide bonds. The lowest BCUT2D eigenvalue weighted by atomic mass is 9.94. The minimum absolute atomic E-state index is 0.161. The Kier molecular flexibility index (Phi) is 6.65. The molecule has 2 saturated heterocycles. The number of hydrogen-bond acceptors (Lipinski definition) is 7. The van der Waals surface area contributed by atoms with Crippen LogP contribution >= 0.6 is 0 Å². The summed E-state index contributed by atoms with van der Waals surface area (Å²) in [5.74, 6) is -3.16. The van der Waals surface area contributed by atoms with Gasteiger partial charge in [-0.25, -0.2) is 18.6 Å². The van der Waals surface area contributed by atoms with Crippen molar-refractivity contribution in [3.63, 3.8) is 0 Å². The molecule has 2 N–H and O–H groups in total. The molecule has 222 valence electrons. The Morgan fingerprint density at radius 3 is 2.49 bits per heavy atom. The van der Waals surface area contributed by atoms with Gasteiger partial charge in [0.15, 0.2) is 11.6 Å². The van der Waals surface area contributed by atoms with Crippen molar-refractivity contribution >= 4 is 28.4 Å². The van der Waals surface area contributed by atoms with E-state index in [0.29, 0.717) is 51.7 Å². The number of carbonyl (C=O) groups is 1. The summed E-state index contributed by atoms with van der Waals surface area (Å²) in [6.45, 7) is 3.67. The number of pyridine rings is 3. The lowest BCUT2D eigenvalue weighted by Gasteiger charge is -2.39. The van der Waals surface area contributed by atoms with Gasteiger partial charge in [0.05, 0.1) is 16.8 Å². The summed E-state index contributed by atoms with van der Waals surface area (Å²) in [6.07, 6.45) is 9.28. The minimum Gasteiger partial charge on any atom is -0.477 e. The van der Waals surface area contributed by atoms with E-state index in [9.17, 15) is 19.1 Å². The average molecular weight is 587 g/mol. The Bertz CT molecular complexity index is 1860. The number of fused-ring (bicyclic) bond motifs is 4. The molecule has 43 heavy (non-hydrogen) atoms. The molecule has 0 radical (unpaired) electrons. The Morgan fingerprint density at radius 1 is 1.05 bits per heavy atom. The van der Waals surface area contributed by atoms with Crippen LogP contribution in [0, 0.1) is 11.6 Å². The molecule has 5 heterocycles. The largest absolute Gasteiger partial charge is 0.477 e. The third-order valence-corrected chi connectivity index (χ3v) is 9.31. The number of piperidine rings is 1. The zero-order valence-electron chi connectivity index (χ0n) is 24.1. The Morgan fingerprint density at radius 2 is 1.79 bits per heavy atom. The zero-order valence-corrected chi connectivity index (χ0v) is 24.1. The third-order valence-electron chi connectivity index (χ3n) is 9.31. The van der Waals surface area contributed by atoms with Gasteiger partial charge in [-0.15, -0.1) is 0 Å². The van der Waals surface area contributed by atoms with E-state index < -0.39 is 23.0 Å². The predicted octanol–water partition coefficient (Wildman–Crippen LogP) is 4.65. The number of aryl methyl sites for hydroxylation is 1. The lowest BCUT2D eigenvalue weighted by Crippen LogP contribution is -2.44. The standard InChI is InChI=1S/C32H32F2N6O3/c1-35-24-13-23(33)28(34)26-19(24)12-25-27(26)29(40-9-5-18(6-10-40)39-7-3-4-8-39)21(15-36-25)17-11-20-30(41)22(32(42)43)16-38(2)31(20)37-14-17/h11,13-16,18,35H,3-10,12H2,1-2H3,(H,42,43). The molecule has 0 saturated carbocycles. The molecule has 2 fully saturated rings. The van der Waals surface area contributed by atoms with E-state index in [4.69, 9.17) is 4.98 Å². The van der Waals surface area contributed by atoms with Gasteiger partial charge in [-0.05, 0) is 50.4 Å². The van der Waals surface area contributed by atoms with Crippen molar-refractivity contribution in [1.29, 1.82) is 0 Å². The number of anilines is 2. The monoisotopic (exact) mass is 586 g/mol. The molecule has 1 aliphatic carbocycles. The van der Waals surface area contributed by atoms with Crippen molar-refractivity contribution in [2.24, 2.45) is 7.05 Å². The summed E-state index contributed by atoms with van der Waals surface area (Å²) < 4.78 is 32.2.